The van der Waals surface area contributed by atoms with Gasteiger partial charge in [-0.25, -0.2) is 0 Å². The molecule has 0 spiro atoms. The first kappa shape index (κ1) is 14.8. The highest BCUT2D eigenvalue weighted by molar-refractivity contribution is 6.30. The minimum Gasteiger partial charge on any atom is -0.376 e. The van der Waals surface area contributed by atoms with Gasteiger partial charge >= 0.3 is 0 Å². The Labute approximate surface area is 130 Å². The summed E-state index contributed by atoms with van der Waals surface area (Å²) in [5.41, 5.74) is 1.14. The van der Waals surface area contributed by atoms with Crippen LogP contribution in [0.3, 0.4) is 0 Å². The Bertz CT molecular complexity index is 485. The van der Waals surface area contributed by atoms with E-state index in [-0.39, 0.29) is 24.7 Å². The van der Waals surface area contributed by atoms with Gasteiger partial charge in [-0.1, -0.05) is 23.7 Å². The summed E-state index contributed by atoms with van der Waals surface area (Å²) in [5.74, 6) is 0.0548. The average Bonchev–Trinajstić information content (AvgIpc) is 2.93. The molecule has 1 aromatic rings. The highest BCUT2D eigenvalue weighted by atomic mass is 35.5. The molecule has 0 saturated carbocycles. The number of halogens is 1. The summed E-state index contributed by atoms with van der Waals surface area (Å²) in [4.78, 5) is 14.1. The third-order valence-corrected chi connectivity index (χ3v) is 4.40. The minimum atomic E-state index is 0.0548. The van der Waals surface area contributed by atoms with Crippen LogP contribution in [0.2, 0.25) is 5.02 Å². The Morgan fingerprint density at radius 2 is 2.14 bits per heavy atom. The maximum Gasteiger partial charge on any atom is 0.249 e. The lowest BCUT2D eigenvalue weighted by atomic mass is 9.95. The van der Waals surface area contributed by atoms with Crippen molar-refractivity contribution in [2.24, 2.45) is 0 Å². The lowest BCUT2D eigenvalue weighted by Gasteiger charge is -2.41. The molecule has 114 valence electrons. The van der Waals surface area contributed by atoms with Gasteiger partial charge in [0.1, 0.15) is 6.61 Å². The summed E-state index contributed by atoms with van der Waals surface area (Å²) in [5, 5.41) is 0.718. The van der Waals surface area contributed by atoms with Crippen molar-refractivity contribution in [1.82, 2.24) is 4.90 Å². The first-order valence-corrected chi connectivity index (χ1v) is 7.86. The van der Waals surface area contributed by atoms with Gasteiger partial charge in [0.2, 0.25) is 5.91 Å². The highest BCUT2D eigenvalue weighted by Crippen LogP contribution is 2.33. The van der Waals surface area contributed by atoms with Crippen molar-refractivity contribution in [1.29, 1.82) is 0 Å². The average molecular weight is 310 g/mol. The predicted octanol–water partition coefficient (Wildman–Crippen LogP) is 2.81. The van der Waals surface area contributed by atoms with E-state index in [9.17, 15) is 4.79 Å². The van der Waals surface area contributed by atoms with Gasteiger partial charge in [-0.05, 0) is 37.0 Å². The van der Waals surface area contributed by atoms with E-state index >= 15 is 0 Å². The van der Waals surface area contributed by atoms with Gasteiger partial charge < -0.3 is 14.4 Å². The van der Waals surface area contributed by atoms with Gasteiger partial charge in [0.25, 0.3) is 0 Å². The zero-order valence-electron chi connectivity index (χ0n) is 12.0. The zero-order valence-corrected chi connectivity index (χ0v) is 12.7. The summed E-state index contributed by atoms with van der Waals surface area (Å²) >= 11 is 5.89. The molecule has 2 saturated heterocycles. The lowest BCUT2D eigenvalue weighted by molar-refractivity contribution is -0.145. The van der Waals surface area contributed by atoms with E-state index in [1.54, 1.807) is 0 Å². The van der Waals surface area contributed by atoms with E-state index in [1.165, 1.54) is 0 Å². The summed E-state index contributed by atoms with van der Waals surface area (Å²) in [6.45, 7) is 2.28. The Balaban J connectivity index is 1.47. The number of amides is 1. The Morgan fingerprint density at radius 3 is 2.76 bits per heavy atom. The van der Waals surface area contributed by atoms with Gasteiger partial charge in [0, 0.05) is 18.2 Å². The van der Waals surface area contributed by atoms with Crippen molar-refractivity contribution in [3.05, 3.63) is 34.9 Å². The standard InChI is InChI=1S/C16H20ClNO3/c17-13-5-3-12(4-6-13)15-7-8-18(15)16(19)11-20-10-14-2-1-9-21-14/h3-6,14-15H,1-2,7-11H2/t14-,15+/m1/s1. The molecule has 1 amide bonds. The molecule has 0 aliphatic carbocycles. The molecule has 2 aliphatic rings. The molecule has 2 aliphatic heterocycles. The van der Waals surface area contributed by atoms with Crippen molar-refractivity contribution in [2.45, 2.75) is 31.4 Å². The fourth-order valence-electron chi connectivity index (χ4n) is 2.85. The molecule has 0 unspecified atom stereocenters. The fraction of sp³-hybridized carbons (Fsp3) is 0.562. The van der Waals surface area contributed by atoms with Crippen LogP contribution in [0.25, 0.3) is 0 Å². The SMILES string of the molecule is O=C(COC[C@H]1CCCO1)N1CC[C@H]1c1ccc(Cl)cc1. The van der Waals surface area contributed by atoms with Crippen LogP contribution in [-0.4, -0.2) is 43.3 Å². The van der Waals surface area contributed by atoms with E-state index < -0.39 is 0 Å². The van der Waals surface area contributed by atoms with Crippen LogP contribution in [0, 0.1) is 0 Å². The summed E-state index contributed by atoms with van der Waals surface area (Å²) < 4.78 is 11.0. The number of nitrogens with zero attached hydrogens (tertiary/aromatic N) is 1. The molecule has 4 nitrogen and oxygen atoms in total. The topological polar surface area (TPSA) is 38.8 Å². The van der Waals surface area contributed by atoms with Crippen molar-refractivity contribution >= 4 is 17.5 Å². The largest absolute Gasteiger partial charge is 0.376 e. The van der Waals surface area contributed by atoms with Gasteiger partial charge in [0.05, 0.1) is 18.8 Å². The molecule has 1 aromatic carbocycles. The predicted molar refractivity (Wildman–Crippen MR) is 80.3 cm³/mol. The van der Waals surface area contributed by atoms with E-state index in [4.69, 9.17) is 21.1 Å². The smallest absolute Gasteiger partial charge is 0.249 e. The Morgan fingerprint density at radius 1 is 1.33 bits per heavy atom. The van der Waals surface area contributed by atoms with E-state index in [0.717, 1.165) is 43.0 Å². The van der Waals surface area contributed by atoms with Crippen LogP contribution >= 0.6 is 11.6 Å². The number of hydrogen-bond acceptors (Lipinski definition) is 3. The van der Waals surface area contributed by atoms with E-state index in [1.807, 2.05) is 29.2 Å². The minimum absolute atomic E-state index is 0.0548. The van der Waals surface area contributed by atoms with Crippen LogP contribution in [0.5, 0.6) is 0 Å². The third kappa shape index (κ3) is 3.57. The normalized spacial score (nSPS) is 24.9. The molecule has 0 bridgehead atoms. The van der Waals surface area contributed by atoms with Crippen LogP contribution in [0.15, 0.2) is 24.3 Å². The number of ether oxygens (including phenoxy) is 2. The second kappa shape index (κ2) is 6.77. The number of hydrogen-bond donors (Lipinski definition) is 0. The number of likely N-dealkylation sites (tertiary alicyclic amines) is 1. The number of benzene rings is 1. The third-order valence-electron chi connectivity index (χ3n) is 4.15. The summed E-state index contributed by atoms with van der Waals surface area (Å²) in [7, 11) is 0. The van der Waals surface area contributed by atoms with Crippen LogP contribution < -0.4 is 0 Å². The second-order valence-corrected chi connectivity index (χ2v) is 6.03. The Kier molecular flexibility index (Phi) is 4.78. The lowest BCUT2D eigenvalue weighted by Crippen LogP contribution is -2.46. The molecular formula is C16H20ClNO3. The number of carbonyl (C=O) groups excluding carboxylic acids is 1. The highest BCUT2D eigenvalue weighted by Gasteiger charge is 2.33. The molecule has 2 heterocycles. The second-order valence-electron chi connectivity index (χ2n) is 5.59. The first-order chi connectivity index (χ1) is 10.2. The molecule has 3 rings (SSSR count). The molecule has 2 fully saturated rings. The van der Waals surface area contributed by atoms with Crippen LogP contribution in [-0.2, 0) is 14.3 Å². The van der Waals surface area contributed by atoms with Crippen molar-refractivity contribution < 1.29 is 14.3 Å². The number of carbonyl (C=O) groups is 1. The van der Waals surface area contributed by atoms with Gasteiger partial charge in [-0.2, -0.15) is 0 Å². The molecule has 0 radical (unpaired) electrons. The summed E-state index contributed by atoms with van der Waals surface area (Å²) in [6.07, 6.45) is 3.29. The van der Waals surface area contributed by atoms with Crippen LogP contribution in [0.4, 0.5) is 0 Å². The van der Waals surface area contributed by atoms with Gasteiger partial charge in [-0.15, -0.1) is 0 Å². The fourth-order valence-corrected chi connectivity index (χ4v) is 2.98. The maximum atomic E-state index is 12.2. The monoisotopic (exact) mass is 309 g/mol. The maximum absolute atomic E-state index is 12.2. The first-order valence-electron chi connectivity index (χ1n) is 7.48. The van der Waals surface area contributed by atoms with Crippen LogP contribution in [0.1, 0.15) is 30.9 Å². The van der Waals surface area contributed by atoms with Gasteiger partial charge in [-0.3, -0.25) is 4.79 Å². The van der Waals surface area contributed by atoms with E-state index in [0.29, 0.717) is 6.61 Å². The van der Waals surface area contributed by atoms with Crippen molar-refractivity contribution in [2.75, 3.05) is 26.4 Å². The zero-order chi connectivity index (χ0) is 14.7. The molecule has 0 aromatic heterocycles. The molecule has 21 heavy (non-hydrogen) atoms. The van der Waals surface area contributed by atoms with Crippen molar-refractivity contribution in [3.63, 3.8) is 0 Å². The molecule has 0 N–H and O–H groups in total. The molecule has 2 atom stereocenters. The molecular weight excluding hydrogens is 290 g/mol. The van der Waals surface area contributed by atoms with Crippen molar-refractivity contribution in [3.8, 4) is 0 Å². The molecule has 5 heteroatoms. The number of rotatable bonds is 5. The quantitative estimate of drug-likeness (QED) is 0.839. The van der Waals surface area contributed by atoms with E-state index in [2.05, 4.69) is 0 Å². The van der Waals surface area contributed by atoms with Gasteiger partial charge in [0.15, 0.2) is 0 Å². The summed E-state index contributed by atoms with van der Waals surface area (Å²) in [6, 6.07) is 7.87. The Hall–Kier alpha value is -1.10.